The van der Waals surface area contributed by atoms with Gasteiger partial charge in [-0.15, -0.1) is 0 Å². The number of carboxylic acids is 1. The lowest BCUT2D eigenvalue weighted by molar-refractivity contribution is 0.0690. The highest BCUT2D eigenvalue weighted by Crippen LogP contribution is 1.99. The van der Waals surface area contributed by atoms with Gasteiger partial charge in [-0.3, -0.25) is 0 Å². The number of hydrogen-bond donors (Lipinski definition) is 4. The smallest absolute Gasteiger partial charge is 0.356 e. The van der Waals surface area contributed by atoms with E-state index in [1.807, 2.05) is 0 Å². The van der Waals surface area contributed by atoms with Gasteiger partial charge >= 0.3 is 12.0 Å². The zero-order chi connectivity index (χ0) is 12.0. The van der Waals surface area contributed by atoms with E-state index in [0.717, 1.165) is 6.20 Å². The number of aromatic carboxylic acids is 1. The van der Waals surface area contributed by atoms with Crippen molar-refractivity contribution in [3.63, 3.8) is 0 Å². The number of nitrogens with zero attached hydrogens (tertiary/aromatic N) is 2. The van der Waals surface area contributed by atoms with Crippen molar-refractivity contribution in [2.75, 3.05) is 18.4 Å². The number of amides is 2. The van der Waals surface area contributed by atoms with Crippen LogP contribution in [0.25, 0.3) is 0 Å². The van der Waals surface area contributed by atoms with Crippen LogP contribution in [0.1, 0.15) is 10.5 Å². The number of nitrogens with two attached hydrogens (primary N) is 1. The van der Waals surface area contributed by atoms with Gasteiger partial charge in [0.2, 0.25) is 0 Å². The molecule has 0 aromatic carbocycles. The van der Waals surface area contributed by atoms with Crippen molar-refractivity contribution in [2.45, 2.75) is 0 Å². The van der Waals surface area contributed by atoms with Gasteiger partial charge in [0.25, 0.3) is 0 Å². The monoisotopic (exact) mass is 225 g/mol. The Hall–Kier alpha value is -2.38. The van der Waals surface area contributed by atoms with Crippen molar-refractivity contribution in [1.82, 2.24) is 15.3 Å². The normalized spacial score (nSPS) is 9.50. The van der Waals surface area contributed by atoms with Crippen molar-refractivity contribution in [2.24, 2.45) is 5.73 Å². The molecular formula is C8H11N5O3. The summed E-state index contributed by atoms with van der Waals surface area (Å²) in [6.07, 6.45) is 2.44. The number of rotatable bonds is 5. The first-order valence-corrected chi connectivity index (χ1v) is 4.42. The molecule has 0 fully saturated rings. The molecule has 2 amide bonds. The van der Waals surface area contributed by atoms with E-state index in [2.05, 4.69) is 20.6 Å². The van der Waals surface area contributed by atoms with Gasteiger partial charge in [-0.25, -0.2) is 19.6 Å². The quantitative estimate of drug-likeness (QED) is 0.488. The highest BCUT2D eigenvalue weighted by atomic mass is 16.4. The highest BCUT2D eigenvalue weighted by Gasteiger charge is 2.04. The minimum atomic E-state index is -1.13. The maximum absolute atomic E-state index is 10.5. The van der Waals surface area contributed by atoms with Gasteiger partial charge in [0.15, 0.2) is 5.69 Å². The van der Waals surface area contributed by atoms with Crippen LogP contribution in [0.4, 0.5) is 10.6 Å². The van der Waals surface area contributed by atoms with E-state index in [1.165, 1.54) is 6.20 Å². The summed E-state index contributed by atoms with van der Waals surface area (Å²) in [7, 11) is 0. The lowest BCUT2D eigenvalue weighted by Gasteiger charge is -2.05. The van der Waals surface area contributed by atoms with Crippen molar-refractivity contribution in [3.8, 4) is 0 Å². The van der Waals surface area contributed by atoms with E-state index < -0.39 is 12.0 Å². The van der Waals surface area contributed by atoms with Gasteiger partial charge in [-0.1, -0.05) is 0 Å². The summed E-state index contributed by atoms with van der Waals surface area (Å²) in [5.41, 5.74) is 4.73. The average Bonchev–Trinajstić information content (AvgIpc) is 2.25. The summed E-state index contributed by atoms with van der Waals surface area (Å²) in [4.78, 5) is 28.3. The number of urea groups is 1. The van der Waals surface area contributed by atoms with Gasteiger partial charge in [-0.05, 0) is 0 Å². The fourth-order valence-electron chi connectivity index (χ4n) is 0.906. The number of carbonyl (C=O) groups excluding carboxylic acids is 1. The summed E-state index contributed by atoms with van der Waals surface area (Å²) in [5.74, 6) is -0.703. The SMILES string of the molecule is NC(=O)NCCNc1cnc(C(=O)O)cn1. The van der Waals surface area contributed by atoms with E-state index in [1.54, 1.807) is 0 Å². The summed E-state index contributed by atoms with van der Waals surface area (Å²) in [6, 6.07) is -0.603. The maximum atomic E-state index is 10.5. The van der Waals surface area contributed by atoms with E-state index in [4.69, 9.17) is 10.8 Å². The number of hydrogen-bond acceptors (Lipinski definition) is 5. The minimum absolute atomic E-state index is 0.124. The van der Waals surface area contributed by atoms with Gasteiger partial charge in [0.05, 0.1) is 12.4 Å². The predicted molar refractivity (Wildman–Crippen MR) is 55.1 cm³/mol. The first kappa shape index (κ1) is 11.7. The molecule has 1 aromatic rings. The van der Waals surface area contributed by atoms with Crippen LogP contribution in [-0.2, 0) is 0 Å². The third-order valence-corrected chi connectivity index (χ3v) is 1.60. The number of nitrogens with one attached hydrogen (secondary N) is 2. The molecule has 0 aliphatic heterocycles. The lowest BCUT2D eigenvalue weighted by atomic mass is 10.4. The van der Waals surface area contributed by atoms with Crippen LogP contribution >= 0.6 is 0 Å². The fourth-order valence-corrected chi connectivity index (χ4v) is 0.906. The summed E-state index contributed by atoms with van der Waals surface area (Å²) < 4.78 is 0. The van der Waals surface area contributed by atoms with E-state index >= 15 is 0 Å². The molecule has 0 unspecified atom stereocenters. The maximum Gasteiger partial charge on any atom is 0.356 e. The Labute approximate surface area is 90.9 Å². The van der Waals surface area contributed by atoms with Crippen molar-refractivity contribution in [3.05, 3.63) is 18.1 Å². The topological polar surface area (TPSA) is 130 Å². The van der Waals surface area contributed by atoms with Crippen LogP contribution in [-0.4, -0.2) is 40.2 Å². The van der Waals surface area contributed by atoms with Gasteiger partial charge < -0.3 is 21.5 Å². The molecule has 5 N–H and O–H groups in total. The molecule has 1 rings (SSSR count). The second kappa shape index (κ2) is 5.49. The Morgan fingerprint density at radius 1 is 1.31 bits per heavy atom. The number of aromatic nitrogens is 2. The number of carbonyl (C=O) groups is 2. The largest absolute Gasteiger partial charge is 0.476 e. The fraction of sp³-hybridized carbons (Fsp3) is 0.250. The zero-order valence-corrected chi connectivity index (χ0v) is 8.30. The van der Waals surface area contributed by atoms with E-state index in [9.17, 15) is 9.59 Å². The molecule has 1 aromatic heterocycles. The van der Waals surface area contributed by atoms with E-state index in [-0.39, 0.29) is 5.69 Å². The van der Waals surface area contributed by atoms with Gasteiger partial charge in [0, 0.05) is 13.1 Å². The second-order valence-electron chi connectivity index (χ2n) is 2.81. The standard InChI is InChI=1S/C8H11N5O3/c9-8(16)11-2-1-10-6-4-12-5(3-13-6)7(14)15/h3-4H,1-2H2,(H,10,13)(H,14,15)(H3,9,11,16). The third kappa shape index (κ3) is 3.78. The van der Waals surface area contributed by atoms with E-state index in [0.29, 0.717) is 18.9 Å². The predicted octanol–water partition coefficient (Wildman–Crippen LogP) is -0.745. The molecule has 0 atom stereocenters. The highest BCUT2D eigenvalue weighted by molar-refractivity contribution is 5.84. The van der Waals surface area contributed by atoms with Crippen molar-refractivity contribution >= 4 is 17.8 Å². The molecule has 0 aliphatic rings. The third-order valence-electron chi connectivity index (χ3n) is 1.60. The zero-order valence-electron chi connectivity index (χ0n) is 8.30. The van der Waals surface area contributed by atoms with Crippen LogP contribution in [0.15, 0.2) is 12.4 Å². The van der Waals surface area contributed by atoms with Crippen LogP contribution in [0.3, 0.4) is 0 Å². The number of primary amides is 1. The van der Waals surface area contributed by atoms with Crippen molar-refractivity contribution < 1.29 is 14.7 Å². The Morgan fingerprint density at radius 3 is 2.56 bits per heavy atom. The van der Waals surface area contributed by atoms with Crippen LogP contribution < -0.4 is 16.4 Å². The molecule has 86 valence electrons. The molecule has 0 aliphatic carbocycles. The van der Waals surface area contributed by atoms with Gasteiger partial charge in [0.1, 0.15) is 5.82 Å². The molecular weight excluding hydrogens is 214 g/mol. The van der Waals surface area contributed by atoms with Crippen LogP contribution in [0.2, 0.25) is 0 Å². The molecule has 8 heteroatoms. The first-order valence-electron chi connectivity index (χ1n) is 4.42. The van der Waals surface area contributed by atoms with Crippen LogP contribution in [0.5, 0.6) is 0 Å². The number of anilines is 1. The Bertz CT molecular complexity index is 378. The molecule has 0 spiro atoms. The molecule has 0 saturated carbocycles. The Kier molecular flexibility index (Phi) is 4.01. The Morgan fingerprint density at radius 2 is 2.06 bits per heavy atom. The van der Waals surface area contributed by atoms with Crippen LogP contribution in [0, 0.1) is 0 Å². The molecule has 16 heavy (non-hydrogen) atoms. The first-order chi connectivity index (χ1) is 7.59. The van der Waals surface area contributed by atoms with Crippen molar-refractivity contribution in [1.29, 1.82) is 0 Å². The summed E-state index contributed by atoms with van der Waals surface area (Å²) in [6.45, 7) is 0.766. The minimum Gasteiger partial charge on any atom is -0.476 e. The summed E-state index contributed by atoms with van der Waals surface area (Å²) in [5, 5.41) is 13.8. The van der Waals surface area contributed by atoms with Gasteiger partial charge in [-0.2, -0.15) is 0 Å². The molecule has 0 bridgehead atoms. The molecule has 0 radical (unpaired) electrons. The average molecular weight is 225 g/mol. The lowest BCUT2D eigenvalue weighted by Crippen LogP contribution is -2.33. The Balaban J connectivity index is 2.38. The summed E-state index contributed by atoms with van der Waals surface area (Å²) >= 11 is 0. The second-order valence-corrected chi connectivity index (χ2v) is 2.81. The molecule has 0 saturated heterocycles. The molecule has 1 heterocycles. The number of carboxylic acid groups (broad SMARTS) is 1. The molecule has 8 nitrogen and oxygen atoms in total.